The van der Waals surface area contributed by atoms with Gasteiger partial charge in [-0.25, -0.2) is 8.42 Å². The number of rotatable bonds is 3. The van der Waals surface area contributed by atoms with Crippen LogP contribution in [0.15, 0.2) is 23.1 Å². The molecular weight excluding hydrogens is 398 g/mol. The van der Waals surface area contributed by atoms with E-state index in [1.165, 1.54) is 11.8 Å². The summed E-state index contributed by atoms with van der Waals surface area (Å²) in [5.74, 6) is 0.409. The molecule has 0 unspecified atom stereocenters. The van der Waals surface area contributed by atoms with E-state index in [9.17, 15) is 13.2 Å². The van der Waals surface area contributed by atoms with Crippen molar-refractivity contribution in [3.8, 4) is 0 Å². The first kappa shape index (κ1) is 21.8. The van der Waals surface area contributed by atoms with Crippen LogP contribution in [0.1, 0.15) is 64.0 Å². The van der Waals surface area contributed by atoms with Gasteiger partial charge >= 0.3 is 0 Å². The Labute approximate surface area is 181 Å². The zero-order valence-electron chi connectivity index (χ0n) is 18.9. The molecule has 3 aliphatic rings. The van der Waals surface area contributed by atoms with Crippen molar-refractivity contribution in [2.24, 2.45) is 11.3 Å². The van der Waals surface area contributed by atoms with Crippen LogP contribution in [-0.4, -0.2) is 51.3 Å². The molecule has 2 fully saturated rings. The maximum atomic E-state index is 13.5. The Morgan fingerprint density at radius 3 is 2.40 bits per heavy atom. The van der Waals surface area contributed by atoms with Gasteiger partial charge in [0.25, 0.3) is 0 Å². The number of methoxy groups -OCH3 is 1. The number of carbonyl (C=O) groups excluding carboxylic acids is 1. The number of hydrogen-bond acceptors (Lipinski definition) is 4. The zero-order chi connectivity index (χ0) is 21.9. The monoisotopic (exact) mass is 433 g/mol. The molecule has 1 saturated heterocycles. The fraction of sp³-hybridized carbons (Fsp3) is 0.708. The summed E-state index contributed by atoms with van der Waals surface area (Å²) in [5.41, 5.74) is 2.05. The number of carbonyl (C=O) groups is 1. The Bertz CT molecular complexity index is 946. The minimum atomic E-state index is -3.25. The number of hydrogen-bond donors (Lipinski definition) is 0. The molecule has 1 aromatic carbocycles. The van der Waals surface area contributed by atoms with Crippen LogP contribution >= 0.6 is 0 Å². The molecule has 1 saturated carbocycles. The molecule has 2 bridgehead atoms. The molecule has 2 aliphatic carbocycles. The third-order valence-electron chi connectivity index (χ3n) is 8.64. The van der Waals surface area contributed by atoms with Gasteiger partial charge in [-0.05, 0) is 67.2 Å². The smallest absolute Gasteiger partial charge is 0.225 e. The number of fused-ring (bicyclic) bond motifs is 4. The lowest BCUT2D eigenvalue weighted by molar-refractivity contribution is -0.150. The quantitative estimate of drug-likeness (QED) is 0.729. The van der Waals surface area contributed by atoms with E-state index >= 15 is 0 Å². The highest BCUT2D eigenvalue weighted by Gasteiger charge is 2.57. The molecule has 0 N–H and O–H groups in total. The Kier molecular flexibility index (Phi) is 5.33. The Morgan fingerprint density at radius 2 is 1.80 bits per heavy atom. The molecule has 1 heterocycles. The van der Waals surface area contributed by atoms with E-state index in [-0.39, 0.29) is 22.8 Å². The Balaban J connectivity index is 1.66. The average molecular weight is 434 g/mol. The lowest BCUT2D eigenvalue weighted by Crippen LogP contribution is -2.65. The van der Waals surface area contributed by atoms with Crippen molar-refractivity contribution in [2.45, 2.75) is 81.8 Å². The summed E-state index contributed by atoms with van der Waals surface area (Å²) >= 11 is 0. The summed E-state index contributed by atoms with van der Waals surface area (Å²) in [5, 5.41) is 0. The van der Waals surface area contributed by atoms with Gasteiger partial charge < -0.3 is 9.64 Å². The summed E-state index contributed by atoms with van der Waals surface area (Å²) in [7, 11) is -1.49. The predicted molar refractivity (Wildman–Crippen MR) is 117 cm³/mol. The number of piperidine rings is 1. The maximum Gasteiger partial charge on any atom is 0.225 e. The van der Waals surface area contributed by atoms with Crippen LogP contribution in [0.2, 0.25) is 0 Å². The number of benzene rings is 1. The molecule has 1 aromatic rings. The van der Waals surface area contributed by atoms with Gasteiger partial charge in [-0.15, -0.1) is 0 Å². The van der Waals surface area contributed by atoms with Crippen LogP contribution in [0.4, 0.5) is 0 Å². The summed E-state index contributed by atoms with van der Waals surface area (Å²) < 4.78 is 29.8. The molecule has 166 valence electrons. The molecule has 0 spiro atoms. The van der Waals surface area contributed by atoms with Crippen LogP contribution in [-0.2, 0) is 31.2 Å². The number of nitrogens with zero attached hydrogens (tertiary/aromatic N) is 1. The summed E-state index contributed by atoms with van der Waals surface area (Å²) in [6.07, 6.45) is 6.96. The summed E-state index contributed by atoms with van der Waals surface area (Å²) in [4.78, 5) is 16.1. The van der Waals surface area contributed by atoms with Crippen LogP contribution < -0.4 is 0 Å². The van der Waals surface area contributed by atoms with E-state index in [4.69, 9.17) is 4.74 Å². The standard InChI is InChI=1S/C24H35NO4S/c1-23(2)21-14-17-8-11-19(30(5,27)28)15-20(17)24(23,3)12-13-25(21)22(26)16-6-9-18(29-4)10-7-16/h8,11,15-16,18,21H,6-7,9-10,12-14H2,1-5H3/t16?,18?,21-,24+/m1/s1. The normalized spacial score (nSPS) is 33.1. The van der Waals surface area contributed by atoms with Crippen molar-refractivity contribution in [3.05, 3.63) is 29.3 Å². The fourth-order valence-electron chi connectivity index (χ4n) is 6.16. The number of ether oxygens (including phenoxy) is 1. The first-order valence-corrected chi connectivity index (χ1v) is 13.0. The second-order valence-corrected chi connectivity index (χ2v) is 12.4. The summed E-state index contributed by atoms with van der Waals surface area (Å²) in [6, 6.07) is 5.74. The van der Waals surface area contributed by atoms with E-state index in [0.717, 1.165) is 50.6 Å². The van der Waals surface area contributed by atoms with E-state index in [0.29, 0.717) is 16.9 Å². The first-order valence-electron chi connectivity index (χ1n) is 11.2. The second-order valence-electron chi connectivity index (χ2n) is 10.4. The van der Waals surface area contributed by atoms with Gasteiger partial charge in [-0.1, -0.05) is 26.8 Å². The third-order valence-corrected chi connectivity index (χ3v) is 9.75. The lowest BCUT2D eigenvalue weighted by Gasteiger charge is -2.61. The first-order chi connectivity index (χ1) is 14.0. The number of likely N-dealkylation sites (tertiary alicyclic amines) is 1. The topological polar surface area (TPSA) is 63.7 Å². The van der Waals surface area contributed by atoms with Crippen LogP contribution in [0.3, 0.4) is 0 Å². The van der Waals surface area contributed by atoms with Gasteiger partial charge in [0, 0.05) is 37.3 Å². The molecule has 5 nitrogen and oxygen atoms in total. The highest BCUT2D eigenvalue weighted by atomic mass is 32.2. The SMILES string of the molecule is COC1CCC(C(=O)N2CC[C@@]3(C)c4cc(S(C)(=O)=O)ccc4C[C@@H]2C3(C)C)CC1. The molecule has 6 heteroatoms. The van der Waals surface area contributed by atoms with Gasteiger partial charge in [-0.3, -0.25) is 4.79 Å². The van der Waals surface area contributed by atoms with Gasteiger partial charge in [0.2, 0.25) is 5.91 Å². The van der Waals surface area contributed by atoms with Crippen molar-refractivity contribution in [3.63, 3.8) is 0 Å². The average Bonchev–Trinajstić information content (AvgIpc) is 2.69. The third kappa shape index (κ3) is 3.31. The zero-order valence-corrected chi connectivity index (χ0v) is 19.7. The van der Waals surface area contributed by atoms with Crippen molar-refractivity contribution in [2.75, 3.05) is 19.9 Å². The molecular formula is C24H35NO4S. The Hall–Kier alpha value is -1.40. The minimum absolute atomic E-state index is 0.102. The van der Waals surface area contributed by atoms with Crippen molar-refractivity contribution in [1.29, 1.82) is 0 Å². The molecule has 30 heavy (non-hydrogen) atoms. The van der Waals surface area contributed by atoms with Crippen molar-refractivity contribution >= 4 is 15.7 Å². The van der Waals surface area contributed by atoms with Crippen molar-refractivity contribution < 1.29 is 17.9 Å². The predicted octanol–water partition coefficient (Wildman–Crippen LogP) is 3.74. The highest BCUT2D eigenvalue weighted by Crippen LogP contribution is 2.56. The summed E-state index contributed by atoms with van der Waals surface area (Å²) in [6.45, 7) is 7.52. The largest absolute Gasteiger partial charge is 0.381 e. The number of amides is 1. The molecule has 2 atom stereocenters. The van der Waals surface area contributed by atoms with Crippen LogP contribution in [0, 0.1) is 11.3 Å². The van der Waals surface area contributed by atoms with E-state index in [1.807, 2.05) is 12.1 Å². The molecule has 0 radical (unpaired) electrons. The maximum absolute atomic E-state index is 13.5. The molecule has 4 rings (SSSR count). The second kappa shape index (κ2) is 7.33. The van der Waals surface area contributed by atoms with Gasteiger partial charge in [0.1, 0.15) is 0 Å². The lowest BCUT2D eigenvalue weighted by atomic mass is 9.51. The molecule has 1 aliphatic heterocycles. The minimum Gasteiger partial charge on any atom is -0.381 e. The molecule has 0 aromatic heterocycles. The van der Waals surface area contributed by atoms with Gasteiger partial charge in [0.15, 0.2) is 9.84 Å². The Morgan fingerprint density at radius 1 is 1.13 bits per heavy atom. The number of sulfone groups is 1. The van der Waals surface area contributed by atoms with E-state index < -0.39 is 9.84 Å². The van der Waals surface area contributed by atoms with E-state index in [2.05, 4.69) is 25.7 Å². The molecule has 1 amide bonds. The van der Waals surface area contributed by atoms with Gasteiger partial charge in [0.05, 0.1) is 11.0 Å². The van der Waals surface area contributed by atoms with Crippen LogP contribution in [0.5, 0.6) is 0 Å². The van der Waals surface area contributed by atoms with Gasteiger partial charge in [-0.2, -0.15) is 0 Å². The fourth-order valence-corrected chi connectivity index (χ4v) is 6.80. The van der Waals surface area contributed by atoms with E-state index in [1.54, 1.807) is 13.2 Å². The highest BCUT2D eigenvalue weighted by molar-refractivity contribution is 7.90. The van der Waals surface area contributed by atoms with Crippen LogP contribution in [0.25, 0.3) is 0 Å². The van der Waals surface area contributed by atoms with Crippen molar-refractivity contribution in [1.82, 2.24) is 4.90 Å².